The highest BCUT2D eigenvalue weighted by Crippen LogP contribution is 1.93. The number of H-pyrrole nitrogens is 1. The lowest BCUT2D eigenvalue weighted by atomic mass is 10.5. The smallest absolute Gasteiger partial charge is 0.102 e. The van der Waals surface area contributed by atoms with Gasteiger partial charge in [-0.15, -0.1) is 0 Å². The summed E-state index contributed by atoms with van der Waals surface area (Å²) in [4.78, 5) is 6.75. The number of aryl methyl sites for hydroxylation is 3. The van der Waals surface area contributed by atoms with Gasteiger partial charge in [0, 0.05) is 31.3 Å². The van der Waals surface area contributed by atoms with Gasteiger partial charge in [-0.2, -0.15) is 0 Å². The topological polar surface area (TPSA) is 33.6 Å². The molecule has 3 heteroatoms. The first-order chi connectivity index (χ1) is 6.20. The molecule has 0 radical (unpaired) electrons. The molecule has 2 aromatic rings. The first kappa shape index (κ1) is 9.58. The lowest BCUT2D eigenvalue weighted by Gasteiger charge is -1.89. The van der Waals surface area contributed by atoms with E-state index in [2.05, 4.69) is 27.5 Å². The average molecular weight is 177 g/mol. The van der Waals surface area contributed by atoms with E-state index in [-0.39, 0.29) is 0 Å². The average Bonchev–Trinajstić information content (AvgIpc) is 2.67. The van der Waals surface area contributed by atoms with Crippen molar-refractivity contribution in [2.75, 3.05) is 0 Å². The first-order valence-corrected chi connectivity index (χ1v) is 4.24. The summed E-state index contributed by atoms with van der Waals surface area (Å²) in [5, 5.41) is 0. The van der Waals surface area contributed by atoms with Gasteiger partial charge in [0.1, 0.15) is 5.82 Å². The molecule has 70 valence electrons. The number of aromatic nitrogens is 3. The molecule has 0 fully saturated rings. The van der Waals surface area contributed by atoms with Crippen molar-refractivity contribution in [2.24, 2.45) is 7.05 Å². The van der Waals surface area contributed by atoms with Gasteiger partial charge in [0.15, 0.2) is 0 Å². The second-order valence-electron chi connectivity index (χ2n) is 2.94. The number of rotatable bonds is 0. The lowest BCUT2D eigenvalue weighted by molar-refractivity contribution is 0.882. The maximum atomic E-state index is 3.86. The Morgan fingerprint density at radius 1 is 1.38 bits per heavy atom. The summed E-state index contributed by atoms with van der Waals surface area (Å²) in [5.41, 5.74) is 1.31. The molecule has 0 aliphatic rings. The molecule has 0 aromatic carbocycles. The number of hydrogen-bond donors (Lipinski definition) is 1. The normalized spacial score (nSPS) is 9.15. The third-order valence-corrected chi connectivity index (χ3v) is 1.84. The van der Waals surface area contributed by atoms with E-state index >= 15 is 0 Å². The van der Waals surface area contributed by atoms with Gasteiger partial charge >= 0.3 is 0 Å². The summed E-state index contributed by atoms with van der Waals surface area (Å²) in [6.07, 6.45) is 5.57. The Morgan fingerprint density at radius 3 is 2.31 bits per heavy atom. The summed E-state index contributed by atoms with van der Waals surface area (Å²) in [5.74, 6) is 0.968. The van der Waals surface area contributed by atoms with Gasteiger partial charge in [-0.05, 0) is 26.0 Å². The number of aromatic amines is 1. The molecule has 2 aromatic heterocycles. The van der Waals surface area contributed by atoms with E-state index in [9.17, 15) is 0 Å². The fourth-order valence-corrected chi connectivity index (χ4v) is 0.891. The molecule has 13 heavy (non-hydrogen) atoms. The highest BCUT2D eigenvalue weighted by atomic mass is 14.9. The summed E-state index contributed by atoms with van der Waals surface area (Å²) >= 11 is 0. The van der Waals surface area contributed by atoms with Crippen LogP contribution in [-0.4, -0.2) is 14.5 Å². The highest BCUT2D eigenvalue weighted by Gasteiger charge is 1.82. The predicted molar refractivity (Wildman–Crippen MR) is 53.5 cm³/mol. The van der Waals surface area contributed by atoms with Crippen LogP contribution >= 0.6 is 0 Å². The summed E-state index contributed by atoms with van der Waals surface area (Å²) in [6.45, 7) is 4.00. The van der Waals surface area contributed by atoms with Gasteiger partial charge in [-0.25, -0.2) is 4.98 Å². The predicted octanol–water partition coefficient (Wildman–Crippen LogP) is 2.05. The van der Waals surface area contributed by atoms with Crippen molar-refractivity contribution in [3.8, 4) is 0 Å². The zero-order valence-corrected chi connectivity index (χ0v) is 8.28. The Morgan fingerprint density at radius 2 is 2.15 bits per heavy atom. The Hall–Kier alpha value is -1.51. The maximum absolute atomic E-state index is 3.86. The molecule has 1 N–H and O–H groups in total. The number of nitrogens with one attached hydrogen (secondary N) is 1. The standard InChI is InChI=1S/C6H9N.C4H6N2/c1-6-4-3-5-7(6)2;1-4-5-2-3-6-4/h3-5H,1-2H3;2-3H,1H3,(H,5,6). The van der Waals surface area contributed by atoms with E-state index in [1.165, 1.54) is 5.69 Å². The Balaban J connectivity index is 0.000000132. The Kier molecular flexibility index (Phi) is 3.31. The molecular formula is C10H15N3. The van der Waals surface area contributed by atoms with Crippen LogP contribution in [0.3, 0.4) is 0 Å². The Labute approximate surface area is 78.4 Å². The van der Waals surface area contributed by atoms with E-state index in [1.807, 2.05) is 26.2 Å². The number of nitrogens with zero attached hydrogens (tertiary/aromatic N) is 2. The van der Waals surface area contributed by atoms with E-state index in [4.69, 9.17) is 0 Å². The molecular weight excluding hydrogens is 162 g/mol. The van der Waals surface area contributed by atoms with Gasteiger partial charge in [0.05, 0.1) is 0 Å². The van der Waals surface area contributed by atoms with Crippen LogP contribution in [0, 0.1) is 13.8 Å². The van der Waals surface area contributed by atoms with Crippen molar-refractivity contribution in [1.82, 2.24) is 14.5 Å². The minimum absolute atomic E-state index is 0.968. The molecule has 0 unspecified atom stereocenters. The van der Waals surface area contributed by atoms with Crippen LogP contribution in [0.15, 0.2) is 30.7 Å². The molecule has 0 atom stereocenters. The monoisotopic (exact) mass is 177 g/mol. The van der Waals surface area contributed by atoms with Crippen molar-refractivity contribution in [2.45, 2.75) is 13.8 Å². The van der Waals surface area contributed by atoms with Gasteiger partial charge in [0.25, 0.3) is 0 Å². The fraction of sp³-hybridized carbons (Fsp3) is 0.300. The van der Waals surface area contributed by atoms with Crippen molar-refractivity contribution in [3.05, 3.63) is 42.2 Å². The van der Waals surface area contributed by atoms with E-state index in [1.54, 1.807) is 12.4 Å². The van der Waals surface area contributed by atoms with Crippen LogP contribution in [0.5, 0.6) is 0 Å². The largest absolute Gasteiger partial charge is 0.355 e. The van der Waals surface area contributed by atoms with Gasteiger partial charge in [-0.3, -0.25) is 0 Å². The van der Waals surface area contributed by atoms with Crippen LogP contribution in [0.2, 0.25) is 0 Å². The fourth-order valence-electron chi connectivity index (χ4n) is 0.891. The quantitative estimate of drug-likeness (QED) is 0.656. The SMILES string of the molecule is Cc1cccn1C.Cc1ncc[nH]1. The van der Waals surface area contributed by atoms with Crippen molar-refractivity contribution in [1.29, 1.82) is 0 Å². The number of hydrogen-bond acceptors (Lipinski definition) is 1. The second kappa shape index (κ2) is 4.50. The lowest BCUT2D eigenvalue weighted by Crippen LogP contribution is -1.84. The molecule has 0 aliphatic heterocycles. The Bertz CT molecular complexity index is 316. The molecule has 0 bridgehead atoms. The molecule has 0 aliphatic carbocycles. The van der Waals surface area contributed by atoms with Crippen LogP contribution < -0.4 is 0 Å². The van der Waals surface area contributed by atoms with Crippen LogP contribution in [0.4, 0.5) is 0 Å². The van der Waals surface area contributed by atoms with Crippen molar-refractivity contribution >= 4 is 0 Å². The summed E-state index contributed by atoms with van der Waals surface area (Å²) < 4.78 is 2.08. The minimum Gasteiger partial charge on any atom is -0.355 e. The molecule has 0 spiro atoms. The van der Waals surface area contributed by atoms with Gasteiger partial charge < -0.3 is 9.55 Å². The second-order valence-corrected chi connectivity index (χ2v) is 2.94. The highest BCUT2D eigenvalue weighted by molar-refractivity contribution is 5.02. The van der Waals surface area contributed by atoms with Gasteiger partial charge in [-0.1, -0.05) is 0 Å². The van der Waals surface area contributed by atoms with E-state index in [0.29, 0.717) is 0 Å². The summed E-state index contributed by atoms with van der Waals surface area (Å²) in [6, 6.07) is 4.12. The molecule has 2 rings (SSSR count). The molecule has 0 amide bonds. The zero-order valence-electron chi connectivity index (χ0n) is 8.28. The van der Waals surface area contributed by atoms with Gasteiger partial charge in [0.2, 0.25) is 0 Å². The van der Waals surface area contributed by atoms with E-state index < -0.39 is 0 Å². The molecule has 0 saturated carbocycles. The third-order valence-electron chi connectivity index (χ3n) is 1.84. The molecule has 2 heterocycles. The van der Waals surface area contributed by atoms with E-state index in [0.717, 1.165) is 5.82 Å². The molecule has 3 nitrogen and oxygen atoms in total. The molecule has 0 saturated heterocycles. The van der Waals surface area contributed by atoms with Crippen molar-refractivity contribution in [3.63, 3.8) is 0 Å². The van der Waals surface area contributed by atoms with Crippen molar-refractivity contribution < 1.29 is 0 Å². The van der Waals surface area contributed by atoms with Crippen LogP contribution in [0.1, 0.15) is 11.5 Å². The first-order valence-electron chi connectivity index (χ1n) is 4.24. The minimum atomic E-state index is 0.968. The zero-order chi connectivity index (χ0) is 9.68. The maximum Gasteiger partial charge on any atom is 0.102 e. The summed E-state index contributed by atoms with van der Waals surface area (Å²) in [7, 11) is 2.04. The van der Waals surface area contributed by atoms with Crippen LogP contribution in [0.25, 0.3) is 0 Å². The third kappa shape index (κ3) is 3.15. The van der Waals surface area contributed by atoms with Crippen LogP contribution in [-0.2, 0) is 7.05 Å². The number of imidazole rings is 1.